The minimum Gasteiger partial charge on any atom is -0.478 e. The Hall–Kier alpha value is -2.89. The van der Waals surface area contributed by atoms with Crippen LogP contribution in [-0.2, 0) is 4.79 Å². The molecule has 0 spiro atoms. The fourth-order valence-corrected chi connectivity index (χ4v) is 2.47. The molecule has 1 amide bonds. The zero-order chi connectivity index (χ0) is 17.1. The molecular weight excluding hydrogens is 294 g/mol. The monoisotopic (exact) mass is 313 g/mol. The van der Waals surface area contributed by atoms with Crippen molar-refractivity contribution in [3.8, 4) is 5.69 Å². The maximum atomic E-state index is 11.2. The number of hydrazone groups is 1. The molecule has 0 bridgehead atoms. The number of rotatable bonds is 4. The lowest BCUT2D eigenvalue weighted by atomic mass is 10.1. The van der Waals surface area contributed by atoms with Crippen LogP contribution in [0, 0.1) is 20.8 Å². The number of carbonyl (C=O) groups is 2. The van der Waals surface area contributed by atoms with E-state index in [2.05, 4.69) is 10.5 Å². The van der Waals surface area contributed by atoms with Crippen LogP contribution >= 0.6 is 0 Å². The van der Waals surface area contributed by atoms with E-state index in [4.69, 9.17) is 0 Å². The summed E-state index contributed by atoms with van der Waals surface area (Å²) in [6.45, 7) is 7.19. The Morgan fingerprint density at radius 3 is 2.52 bits per heavy atom. The molecule has 120 valence electrons. The van der Waals surface area contributed by atoms with Crippen LogP contribution in [-0.4, -0.2) is 27.8 Å². The highest BCUT2D eigenvalue weighted by molar-refractivity contribution is 5.89. The highest BCUT2D eigenvalue weighted by Gasteiger charge is 2.13. The number of aromatic carboxylic acids is 1. The third-order valence-corrected chi connectivity index (χ3v) is 3.59. The first-order chi connectivity index (χ1) is 10.8. The maximum Gasteiger partial charge on any atom is 0.335 e. The Bertz CT molecular complexity index is 804. The summed E-state index contributed by atoms with van der Waals surface area (Å²) >= 11 is 0. The predicted octanol–water partition coefficient (Wildman–Crippen LogP) is 2.57. The van der Waals surface area contributed by atoms with E-state index in [1.54, 1.807) is 24.4 Å². The van der Waals surface area contributed by atoms with Gasteiger partial charge in [-0.2, -0.15) is 5.10 Å². The van der Waals surface area contributed by atoms with Gasteiger partial charge in [-0.3, -0.25) is 4.79 Å². The number of carboxylic acids is 1. The van der Waals surface area contributed by atoms with Crippen molar-refractivity contribution in [1.29, 1.82) is 0 Å². The predicted molar refractivity (Wildman–Crippen MR) is 88.4 cm³/mol. The largest absolute Gasteiger partial charge is 0.478 e. The van der Waals surface area contributed by atoms with Crippen molar-refractivity contribution in [3.05, 3.63) is 52.3 Å². The summed E-state index contributed by atoms with van der Waals surface area (Å²) in [5.74, 6) is -1.19. The summed E-state index contributed by atoms with van der Waals surface area (Å²) in [7, 11) is 0. The van der Waals surface area contributed by atoms with Crippen LogP contribution < -0.4 is 5.43 Å². The molecule has 0 fully saturated rings. The van der Waals surface area contributed by atoms with E-state index < -0.39 is 5.97 Å². The second kappa shape index (κ2) is 6.48. The summed E-state index contributed by atoms with van der Waals surface area (Å²) in [4.78, 5) is 22.1. The number of hydrogen-bond acceptors (Lipinski definition) is 3. The van der Waals surface area contributed by atoms with Crippen LogP contribution in [0.2, 0.25) is 0 Å². The van der Waals surface area contributed by atoms with E-state index in [-0.39, 0.29) is 11.5 Å². The fourth-order valence-electron chi connectivity index (χ4n) is 2.47. The van der Waals surface area contributed by atoms with E-state index >= 15 is 0 Å². The molecule has 0 aliphatic carbocycles. The van der Waals surface area contributed by atoms with Gasteiger partial charge in [-0.15, -0.1) is 0 Å². The summed E-state index contributed by atoms with van der Waals surface area (Å²) in [6, 6.07) is 6.98. The fraction of sp³-hybridized carbons (Fsp3) is 0.235. The number of carboxylic acid groups (broad SMARTS) is 1. The Morgan fingerprint density at radius 1 is 1.22 bits per heavy atom. The smallest absolute Gasteiger partial charge is 0.335 e. The van der Waals surface area contributed by atoms with Crippen LogP contribution in [0.25, 0.3) is 5.69 Å². The number of carbonyl (C=O) groups excluding carboxylic acids is 1. The van der Waals surface area contributed by atoms with Gasteiger partial charge in [-0.25, -0.2) is 10.2 Å². The molecule has 0 aliphatic heterocycles. The van der Waals surface area contributed by atoms with E-state index in [9.17, 15) is 14.7 Å². The molecule has 0 saturated heterocycles. The van der Waals surface area contributed by atoms with Crippen molar-refractivity contribution in [2.75, 3.05) is 0 Å². The van der Waals surface area contributed by atoms with Crippen molar-refractivity contribution in [2.45, 2.75) is 27.7 Å². The lowest BCUT2D eigenvalue weighted by molar-refractivity contribution is -0.118. The molecule has 0 saturated carbocycles. The SMILES string of the molecule is CC(=O)N/N=C\c1cc(C)n(-c2cc(C(=O)O)ccc2C)c1C. The van der Waals surface area contributed by atoms with Crippen LogP contribution in [0.3, 0.4) is 0 Å². The number of aryl methyl sites for hydroxylation is 2. The van der Waals surface area contributed by atoms with Gasteiger partial charge in [0.1, 0.15) is 0 Å². The molecule has 0 radical (unpaired) electrons. The van der Waals surface area contributed by atoms with Crippen molar-refractivity contribution in [1.82, 2.24) is 9.99 Å². The van der Waals surface area contributed by atoms with Crippen molar-refractivity contribution in [3.63, 3.8) is 0 Å². The molecule has 0 atom stereocenters. The number of aromatic nitrogens is 1. The van der Waals surface area contributed by atoms with Crippen LogP contribution in [0.15, 0.2) is 29.4 Å². The van der Waals surface area contributed by atoms with E-state index in [1.165, 1.54) is 6.92 Å². The molecule has 1 aromatic heterocycles. The molecule has 0 unspecified atom stereocenters. The molecule has 2 N–H and O–H groups in total. The third kappa shape index (κ3) is 3.48. The van der Waals surface area contributed by atoms with E-state index in [1.807, 2.05) is 31.4 Å². The summed E-state index contributed by atoms with van der Waals surface area (Å²) in [5, 5.41) is 13.1. The highest BCUT2D eigenvalue weighted by atomic mass is 16.4. The molecule has 0 aliphatic rings. The Morgan fingerprint density at radius 2 is 1.91 bits per heavy atom. The second-order valence-corrected chi connectivity index (χ2v) is 5.39. The highest BCUT2D eigenvalue weighted by Crippen LogP contribution is 2.23. The number of hydrogen-bond donors (Lipinski definition) is 2. The standard InChI is InChI=1S/C17H19N3O3/c1-10-5-6-14(17(22)23)8-16(10)20-11(2)7-15(12(20)3)9-18-19-13(4)21/h5-9H,1-4H3,(H,19,21)(H,22,23)/b18-9-. The number of nitrogens with one attached hydrogen (secondary N) is 1. The first-order valence-electron chi connectivity index (χ1n) is 7.14. The van der Waals surface area contributed by atoms with Crippen LogP contribution in [0.1, 0.15) is 39.8 Å². The number of amides is 1. The van der Waals surface area contributed by atoms with Gasteiger partial charge in [0.15, 0.2) is 0 Å². The third-order valence-electron chi connectivity index (χ3n) is 3.59. The zero-order valence-corrected chi connectivity index (χ0v) is 13.5. The Kier molecular flexibility index (Phi) is 4.64. The molecule has 6 heteroatoms. The number of benzene rings is 1. The quantitative estimate of drug-likeness (QED) is 0.672. The van der Waals surface area contributed by atoms with Crippen LogP contribution in [0.4, 0.5) is 0 Å². The minimum absolute atomic E-state index is 0.236. The average molecular weight is 313 g/mol. The summed E-state index contributed by atoms with van der Waals surface area (Å²) < 4.78 is 1.98. The van der Waals surface area contributed by atoms with E-state index in [0.29, 0.717) is 0 Å². The lowest BCUT2D eigenvalue weighted by Crippen LogP contribution is -2.12. The van der Waals surface area contributed by atoms with Gasteiger partial charge in [0.2, 0.25) is 5.91 Å². The topological polar surface area (TPSA) is 83.7 Å². The Balaban J connectivity index is 2.51. The van der Waals surface area contributed by atoms with Gasteiger partial charge >= 0.3 is 5.97 Å². The molecule has 1 heterocycles. The molecule has 23 heavy (non-hydrogen) atoms. The lowest BCUT2D eigenvalue weighted by Gasteiger charge is -2.13. The van der Waals surface area contributed by atoms with Gasteiger partial charge in [-0.05, 0) is 44.5 Å². The molecule has 1 aromatic carbocycles. The Labute approximate surface area is 134 Å². The van der Waals surface area contributed by atoms with E-state index in [0.717, 1.165) is 28.2 Å². The van der Waals surface area contributed by atoms with Crippen molar-refractivity contribution < 1.29 is 14.7 Å². The maximum absolute atomic E-state index is 11.2. The number of nitrogens with zero attached hydrogens (tertiary/aromatic N) is 2. The normalized spacial score (nSPS) is 11.0. The second-order valence-electron chi connectivity index (χ2n) is 5.39. The van der Waals surface area contributed by atoms with Crippen molar-refractivity contribution in [2.24, 2.45) is 5.10 Å². The summed E-state index contributed by atoms with van der Waals surface area (Å²) in [6.07, 6.45) is 1.58. The molecule has 2 aromatic rings. The zero-order valence-electron chi connectivity index (χ0n) is 13.5. The average Bonchev–Trinajstić information content (AvgIpc) is 2.74. The van der Waals surface area contributed by atoms with Crippen molar-refractivity contribution >= 4 is 18.1 Å². The first kappa shape index (κ1) is 16.5. The van der Waals surface area contributed by atoms with Gasteiger partial charge in [-0.1, -0.05) is 6.07 Å². The van der Waals surface area contributed by atoms with Crippen LogP contribution in [0.5, 0.6) is 0 Å². The summed E-state index contributed by atoms with van der Waals surface area (Å²) in [5.41, 5.74) is 7.14. The van der Waals surface area contributed by atoms with Gasteiger partial charge in [0, 0.05) is 29.6 Å². The van der Waals surface area contributed by atoms with Gasteiger partial charge in [0.25, 0.3) is 0 Å². The molecular formula is C17H19N3O3. The molecule has 2 rings (SSSR count). The first-order valence-corrected chi connectivity index (χ1v) is 7.14. The van der Waals surface area contributed by atoms with Gasteiger partial charge < -0.3 is 9.67 Å². The molecule has 6 nitrogen and oxygen atoms in total. The van der Waals surface area contributed by atoms with Gasteiger partial charge in [0.05, 0.1) is 11.8 Å². The minimum atomic E-state index is -0.957.